The molecule has 1 amide bonds. The number of nitrogens with one attached hydrogen (secondary N) is 1. The van der Waals surface area contributed by atoms with E-state index in [1.54, 1.807) is 12.1 Å². The lowest BCUT2D eigenvalue weighted by Gasteiger charge is -2.24. The highest BCUT2D eigenvalue weighted by Gasteiger charge is 2.37. The van der Waals surface area contributed by atoms with Crippen LogP contribution in [0.25, 0.3) is 0 Å². The summed E-state index contributed by atoms with van der Waals surface area (Å²) in [5.74, 6) is 0.155. The Labute approximate surface area is 163 Å². The Morgan fingerprint density at radius 3 is 2.41 bits per heavy atom. The number of anilines is 1. The third kappa shape index (κ3) is 4.29. The van der Waals surface area contributed by atoms with Crippen molar-refractivity contribution in [3.8, 4) is 0 Å². The number of fused-ring (bicyclic) bond motifs is 1. The Bertz CT molecular complexity index is 835. The van der Waals surface area contributed by atoms with Crippen molar-refractivity contribution in [3.05, 3.63) is 23.8 Å². The second kappa shape index (κ2) is 6.78. The third-order valence-electron chi connectivity index (χ3n) is 5.16. The summed E-state index contributed by atoms with van der Waals surface area (Å²) >= 11 is 0. The van der Waals surface area contributed by atoms with E-state index in [2.05, 4.69) is 23.5 Å². The molecule has 0 saturated carbocycles. The maximum atomic E-state index is 12.7. The first-order chi connectivity index (χ1) is 12.4. The number of hydrogen-bond donors (Lipinski definition) is 1. The number of carbonyl (C=O) groups excluding carboxylic acids is 1. The minimum atomic E-state index is -3.59. The van der Waals surface area contributed by atoms with Gasteiger partial charge in [-0.05, 0) is 57.4 Å². The third-order valence-corrected chi connectivity index (χ3v) is 6.92. The second-order valence-corrected chi connectivity index (χ2v) is 11.0. The highest BCUT2D eigenvalue weighted by molar-refractivity contribution is 7.89. The summed E-state index contributed by atoms with van der Waals surface area (Å²) in [5, 5.41) is 0. The molecule has 6 nitrogen and oxygen atoms in total. The highest BCUT2D eigenvalue weighted by Crippen LogP contribution is 2.41. The average Bonchev–Trinajstić information content (AvgIpc) is 3.12. The van der Waals surface area contributed by atoms with Crippen LogP contribution >= 0.6 is 0 Å². The lowest BCUT2D eigenvalue weighted by Crippen LogP contribution is -2.40. The van der Waals surface area contributed by atoms with E-state index in [4.69, 9.17) is 0 Å². The predicted octanol–water partition coefficient (Wildman–Crippen LogP) is 2.48. The van der Waals surface area contributed by atoms with Gasteiger partial charge in [-0.3, -0.25) is 4.79 Å². The fraction of sp³-hybridized carbons (Fsp3) is 0.650. The molecular formula is C20H31N3O3S. The Hall–Kier alpha value is -1.60. The number of likely N-dealkylation sites (tertiary alicyclic amines) is 1. The molecule has 1 fully saturated rings. The van der Waals surface area contributed by atoms with E-state index in [1.807, 2.05) is 31.7 Å². The van der Waals surface area contributed by atoms with Gasteiger partial charge in [-0.25, -0.2) is 13.1 Å². The molecule has 7 heteroatoms. The van der Waals surface area contributed by atoms with Gasteiger partial charge in [0.1, 0.15) is 0 Å². The predicted molar refractivity (Wildman–Crippen MR) is 108 cm³/mol. The lowest BCUT2D eigenvalue weighted by atomic mass is 9.87. The molecule has 1 aromatic carbocycles. The van der Waals surface area contributed by atoms with E-state index >= 15 is 0 Å². The number of nitrogens with zero attached hydrogens (tertiary/aromatic N) is 2. The summed E-state index contributed by atoms with van der Waals surface area (Å²) in [6, 6.07) is 5.25. The monoisotopic (exact) mass is 393 g/mol. The first kappa shape index (κ1) is 20.1. The summed E-state index contributed by atoms with van der Waals surface area (Å²) in [7, 11) is -3.59. The van der Waals surface area contributed by atoms with Crippen molar-refractivity contribution in [2.24, 2.45) is 0 Å². The van der Waals surface area contributed by atoms with Crippen molar-refractivity contribution >= 4 is 21.6 Å². The van der Waals surface area contributed by atoms with Gasteiger partial charge in [-0.1, -0.05) is 13.8 Å². The molecule has 0 aliphatic carbocycles. The zero-order valence-corrected chi connectivity index (χ0v) is 17.8. The zero-order chi connectivity index (χ0) is 20.0. The van der Waals surface area contributed by atoms with Crippen LogP contribution in [0.4, 0.5) is 5.69 Å². The van der Waals surface area contributed by atoms with Crippen LogP contribution in [-0.4, -0.2) is 50.9 Å². The van der Waals surface area contributed by atoms with E-state index in [-0.39, 0.29) is 16.2 Å². The minimum Gasteiger partial charge on any atom is -0.361 e. The molecule has 1 saturated heterocycles. The molecule has 2 aliphatic heterocycles. The molecule has 0 radical (unpaired) electrons. The number of amides is 1. The molecule has 0 aromatic heterocycles. The van der Waals surface area contributed by atoms with Gasteiger partial charge in [-0.2, -0.15) is 0 Å². The van der Waals surface area contributed by atoms with Gasteiger partial charge in [0, 0.05) is 36.3 Å². The van der Waals surface area contributed by atoms with Crippen molar-refractivity contribution in [1.29, 1.82) is 0 Å². The molecule has 27 heavy (non-hydrogen) atoms. The minimum absolute atomic E-state index is 0.155. The van der Waals surface area contributed by atoms with Gasteiger partial charge in [-0.15, -0.1) is 0 Å². The number of benzene rings is 1. The summed E-state index contributed by atoms with van der Waals surface area (Å²) in [6.07, 6.45) is 2.16. The number of carbonyl (C=O) groups is 1. The first-order valence-electron chi connectivity index (χ1n) is 9.60. The molecule has 2 aliphatic rings. The zero-order valence-electron chi connectivity index (χ0n) is 17.0. The Morgan fingerprint density at radius 1 is 1.19 bits per heavy atom. The van der Waals surface area contributed by atoms with Gasteiger partial charge < -0.3 is 9.80 Å². The Morgan fingerprint density at radius 2 is 1.81 bits per heavy atom. The molecular weight excluding hydrogens is 362 g/mol. The smallest absolute Gasteiger partial charge is 0.242 e. The maximum absolute atomic E-state index is 12.7. The fourth-order valence-corrected chi connectivity index (χ4v) is 5.42. The van der Waals surface area contributed by atoms with Crippen LogP contribution in [0.3, 0.4) is 0 Å². The van der Waals surface area contributed by atoms with Gasteiger partial charge in [0.2, 0.25) is 15.9 Å². The number of hydrogen-bond acceptors (Lipinski definition) is 4. The van der Waals surface area contributed by atoms with E-state index in [0.717, 1.165) is 37.2 Å². The summed E-state index contributed by atoms with van der Waals surface area (Å²) in [4.78, 5) is 16.9. The van der Waals surface area contributed by atoms with Crippen molar-refractivity contribution in [2.45, 2.75) is 63.3 Å². The standard InChI is InChI=1S/C20H31N3O3S/c1-19(2,3)21-27(25,26)15-8-9-17-16(12-15)20(4,5)14-23(17)13-18(24)22-10-6-7-11-22/h8-9,12,21H,6-7,10-11,13-14H2,1-5H3. The molecule has 0 bridgehead atoms. The normalized spacial score (nSPS) is 19.4. The molecule has 0 spiro atoms. The molecule has 1 N–H and O–H groups in total. The largest absolute Gasteiger partial charge is 0.361 e. The highest BCUT2D eigenvalue weighted by atomic mass is 32.2. The lowest BCUT2D eigenvalue weighted by molar-refractivity contribution is -0.128. The van der Waals surface area contributed by atoms with Gasteiger partial charge >= 0.3 is 0 Å². The van der Waals surface area contributed by atoms with E-state index < -0.39 is 15.6 Å². The summed E-state index contributed by atoms with van der Waals surface area (Å²) in [6.45, 7) is 12.4. The van der Waals surface area contributed by atoms with Crippen LogP contribution in [0.2, 0.25) is 0 Å². The summed E-state index contributed by atoms with van der Waals surface area (Å²) < 4.78 is 28.1. The second-order valence-electron chi connectivity index (χ2n) is 9.36. The van der Waals surface area contributed by atoms with Crippen molar-refractivity contribution in [1.82, 2.24) is 9.62 Å². The molecule has 1 aromatic rings. The van der Waals surface area contributed by atoms with E-state index in [0.29, 0.717) is 13.1 Å². The molecule has 150 valence electrons. The summed E-state index contributed by atoms with van der Waals surface area (Å²) in [5.41, 5.74) is 1.19. The van der Waals surface area contributed by atoms with Crippen molar-refractivity contribution in [3.63, 3.8) is 0 Å². The topological polar surface area (TPSA) is 69.7 Å². The van der Waals surface area contributed by atoms with E-state index in [9.17, 15) is 13.2 Å². The number of sulfonamides is 1. The Balaban J connectivity index is 1.87. The van der Waals surface area contributed by atoms with Crippen LogP contribution in [0.1, 0.15) is 53.0 Å². The molecule has 0 atom stereocenters. The first-order valence-corrected chi connectivity index (χ1v) is 11.1. The SMILES string of the molecule is CC(C)(C)NS(=O)(=O)c1ccc2c(c1)C(C)(C)CN2CC(=O)N1CCCC1. The molecule has 3 rings (SSSR count). The average molecular weight is 394 g/mol. The van der Waals surface area contributed by atoms with Gasteiger partial charge in [0.05, 0.1) is 11.4 Å². The van der Waals surface area contributed by atoms with Crippen LogP contribution in [0.5, 0.6) is 0 Å². The molecule has 0 unspecified atom stereocenters. The number of rotatable bonds is 4. The van der Waals surface area contributed by atoms with Crippen LogP contribution in [0, 0.1) is 0 Å². The van der Waals surface area contributed by atoms with Gasteiger partial charge in [0.25, 0.3) is 0 Å². The van der Waals surface area contributed by atoms with Crippen molar-refractivity contribution < 1.29 is 13.2 Å². The van der Waals surface area contributed by atoms with Crippen molar-refractivity contribution in [2.75, 3.05) is 31.1 Å². The fourth-order valence-electron chi connectivity index (χ4n) is 3.98. The molecule has 2 heterocycles. The maximum Gasteiger partial charge on any atom is 0.242 e. The van der Waals surface area contributed by atoms with Gasteiger partial charge in [0.15, 0.2) is 0 Å². The Kier molecular flexibility index (Phi) is 5.06. The van der Waals surface area contributed by atoms with E-state index in [1.165, 1.54) is 0 Å². The van der Waals surface area contributed by atoms with Crippen LogP contribution < -0.4 is 9.62 Å². The van der Waals surface area contributed by atoms with Crippen LogP contribution in [0.15, 0.2) is 23.1 Å². The van der Waals surface area contributed by atoms with Crippen LogP contribution in [-0.2, 0) is 20.2 Å². The quantitative estimate of drug-likeness (QED) is 0.853.